The molecule has 0 unspecified atom stereocenters. The Morgan fingerprint density at radius 3 is 2.56 bits per heavy atom. The van der Waals surface area contributed by atoms with Crippen molar-refractivity contribution in [1.29, 1.82) is 0 Å². The maximum atomic E-state index is 13.9. The molecule has 1 aromatic carbocycles. The van der Waals surface area contributed by atoms with Gasteiger partial charge in [0, 0.05) is 11.1 Å². The van der Waals surface area contributed by atoms with Crippen LogP contribution in [0.3, 0.4) is 0 Å². The molecule has 2 rings (SSSR count). The SMILES string of the molecule is CCc1c(N)ncnc1-c1ccc(C)c(F)c1F. The van der Waals surface area contributed by atoms with E-state index >= 15 is 0 Å². The molecule has 0 saturated heterocycles. The Bertz CT molecular complexity index is 597. The molecule has 2 N–H and O–H groups in total. The summed E-state index contributed by atoms with van der Waals surface area (Å²) in [5.41, 5.74) is 7.07. The summed E-state index contributed by atoms with van der Waals surface area (Å²) in [5, 5.41) is 0. The lowest BCUT2D eigenvalue weighted by atomic mass is 10.0. The number of aromatic nitrogens is 2. The number of hydrogen-bond acceptors (Lipinski definition) is 3. The zero-order valence-corrected chi connectivity index (χ0v) is 10.2. The summed E-state index contributed by atoms with van der Waals surface area (Å²) < 4.78 is 27.5. The van der Waals surface area contributed by atoms with Gasteiger partial charge in [-0.2, -0.15) is 0 Å². The van der Waals surface area contributed by atoms with E-state index < -0.39 is 11.6 Å². The van der Waals surface area contributed by atoms with E-state index in [0.29, 0.717) is 23.5 Å². The number of benzene rings is 1. The highest BCUT2D eigenvalue weighted by atomic mass is 19.2. The number of halogens is 2. The lowest BCUT2D eigenvalue weighted by Crippen LogP contribution is -2.03. The van der Waals surface area contributed by atoms with Crippen LogP contribution in [0.25, 0.3) is 11.3 Å². The van der Waals surface area contributed by atoms with Crippen molar-refractivity contribution < 1.29 is 8.78 Å². The van der Waals surface area contributed by atoms with Gasteiger partial charge in [0.15, 0.2) is 11.6 Å². The highest BCUT2D eigenvalue weighted by Gasteiger charge is 2.17. The molecule has 18 heavy (non-hydrogen) atoms. The first-order valence-corrected chi connectivity index (χ1v) is 5.60. The van der Waals surface area contributed by atoms with Crippen LogP contribution in [0.1, 0.15) is 18.1 Å². The molecule has 94 valence electrons. The summed E-state index contributed by atoms with van der Waals surface area (Å²) in [6.45, 7) is 3.37. The number of nitrogens with two attached hydrogens (primary N) is 1. The first-order chi connectivity index (χ1) is 8.56. The Hall–Kier alpha value is -2.04. The molecule has 0 aliphatic heterocycles. The van der Waals surface area contributed by atoms with E-state index in [1.54, 1.807) is 0 Å². The standard InChI is InChI=1S/C13H13F2N3/c1-3-8-12(17-6-18-13(8)16)9-5-4-7(2)10(14)11(9)15/h4-6H,3H2,1-2H3,(H2,16,17,18). The van der Waals surface area contributed by atoms with E-state index in [1.807, 2.05) is 6.92 Å². The quantitative estimate of drug-likeness (QED) is 0.890. The number of anilines is 1. The highest BCUT2D eigenvalue weighted by molar-refractivity contribution is 5.68. The fraction of sp³-hybridized carbons (Fsp3) is 0.231. The predicted molar refractivity (Wildman–Crippen MR) is 65.9 cm³/mol. The normalized spacial score (nSPS) is 10.7. The molecule has 1 aromatic heterocycles. The van der Waals surface area contributed by atoms with Crippen molar-refractivity contribution in [3.63, 3.8) is 0 Å². The molecule has 3 nitrogen and oxygen atoms in total. The summed E-state index contributed by atoms with van der Waals surface area (Å²) in [6, 6.07) is 3.03. The molecular weight excluding hydrogens is 236 g/mol. The number of aryl methyl sites for hydroxylation is 1. The van der Waals surface area contributed by atoms with Gasteiger partial charge in [-0.05, 0) is 25.0 Å². The van der Waals surface area contributed by atoms with Crippen LogP contribution in [0.2, 0.25) is 0 Å². The molecule has 0 aliphatic carbocycles. The molecule has 1 heterocycles. The van der Waals surface area contributed by atoms with Gasteiger partial charge >= 0.3 is 0 Å². The van der Waals surface area contributed by atoms with Gasteiger partial charge in [-0.3, -0.25) is 0 Å². The maximum absolute atomic E-state index is 13.9. The smallest absolute Gasteiger partial charge is 0.168 e. The summed E-state index contributed by atoms with van der Waals surface area (Å²) in [6.07, 6.45) is 1.80. The van der Waals surface area contributed by atoms with Crippen LogP contribution >= 0.6 is 0 Å². The molecule has 0 radical (unpaired) electrons. The first-order valence-electron chi connectivity index (χ1n) is 5.60. The molecule has 0 saturated carbocycles. The van der Waals surface area contributed by atoms with Gasteiger partial charge in [0.1, 0.15) is 12.1 Å². The molecule has 0 atom stereocenters. The van der Waals surface area contributed by atoms with Crippen molar-refractivity contribution >= 4 is 5.82 Å². The fourth-order valence-electron chi connectivity index (χ4n) is 1.84. The maximum Gasteiger partial charge on any atom is 0.168 e. The molecule has 0 bridgehead atoms. The third kappa shape index (κ3) is 1.92. The van der Waals surface area contributed by atoms with Gasteiger partial charge in [-0.1, -0.05) is 13.0 Å². The minimum absolute atomic E-state index is 0.115. The number of hydrogen-bond donors (Lipinski definition) is 1. The zero-order chi connectivity index (χ0) is 13.3. The van der Waals surface area contributed by atoms with Crippen molar-refractivity contribution in [3.8, 4) is 11.3 Å². The molecule has 5 heteroatoms. The van der Waals surface area contributed by atoms with E-state index in [2.05, 4.69) is 9.97 Å². The van der Waals surface area contributed by atoms with E-state index in [1.165, 1.54) is 25.4 Å². The average molecular weight is 249 g/mol. The van der Waals surface area contributed by atoms with Crippen molar-refractivity contribution in [2.45, 2.75) is 20.3 Å². The van der Waals surface area contributed by atoms with Gasteiger partial charge in [-0.25, -0.2) is 18.7 Å². The van der Waals surface area contributed by atoms with E-state index in [-0.39, 0.29) is 11.1 Å². The van der Waals surface area contributed by atoms with E-state index in [9.17, 15) is 8.78 Å². The van der Waals surface area contributed by atoms with Crippen LogP contribution in [-0.2, 0) is 6.42 Å². The molecule has 2 aromatic rings. The van der Waals surface area contributed by atoms with Crippen LogP contribution in [0.15, 0.2) is 18.5 Å². The molecular formula is C13H13F2N3. The summed E-state index contributed by atoms with van der Waals surface area (Å²) in [7, 11) is 0. The third-order valence-electron chi connectivity index (χ3n) is 2.86. The van der Waals surface area contributed by atoms with Crippen LogP contribution in [0, 0.1) is 18.6 Å². The minimum Gasteiger partial charge on any atom is -0.383 e. The van der Waals surface area contributed by atoms with Gasteiger partial charge in [0.2, 0.25) is 0 Å². The second-order valence-corrected chi connectivity index (χ2v) is 4.00. The van der Waals surface area contributed by atoms with E-state index in [0.717, 1.165) is 0 Å². The fourth-order valence-corrected chi connectivity index (χ4v) is 1.84. The second kappa shape index (κ2) is 4.68. The second-order valence-electron chi connectivity index (χ2n) is 4.00. The molecule has 0 amide bonds. The van der Waals surface area contributed by atoms with Gasteiger partial charge in [0.25, 0.3) is 0 Å². The first kappa shape index (κ1) is 12.4. The minimum atomic E-state index is -0.900. The lowest BCUT2D eigenvalue weighted by Gasteiger charge is -2.10. The van der Waals surface area contributed by atoms with Gasteiger partial charge in [0.05, 0.1) is 5.69 Å². The molecule has 0 spiro atoms. The summed E-state index contributed by atoms with van der Waals surface area (Å²) in [5.74, 6) is -1.46. The van der Waals surface area contributed by atoms with Crippen molar-refractivity contribution in [3.05, 3.63) is 41.2 Å². The average Bonchev–Trinajstić information content (AvgIpc) is 2.36. The monoisotopic (exact) mass is 249 g/mol. The van der Waals surface area contributed by atoms with Crippen LogP contribution in [0.4, 0.5) is 14.6 Å². The Kier molecular flexibility index (Phi) is 3.23. The molecule has 0 aliphatic rings. The van der Waals surface area contributed by atoms with Crippen LogP contribution < -0.4 is 5.73 Å². The predicted octanol–water partition coefficient (Wildman–Crippen LogP) is 2.87. The van der Waals surface area contributed by atoms with Crippen molar-refractivity contribution in [2.75, 3.05) is 5.73 Å². The molecule has 0 fully saturated rings. The highest BCUT2D eigenvalue weighted by Crippen LogP contribution is 2.29. The number of nitrogen functional groups attached to an aromatic ring is 1. The Labute approximate surface area is 104 Å². The Morgan fingerprint density at radius 2 is 1.89 bits per heavy atom. The van der Waals surface area contributed by atoms with Crippen LogP contribution in [0.5, 0.6) is 0 Å². The largest absolute Gasteiger partial charge is 0.383 e. The number of rotatable bonds is 2. The van der Waals surface area contributed by atoms with Gasteiger partial charge in [-0.15, -0.1) is 0 Å². The topological polar surface area (TPSA) is 51.8 Å². The zero-order valence-electron chi connectivity index (χ0n) is 10.2. The lowest BCUT2D eigenvalue weighted by molar-refractivity contribution is 0.505. The third-order valence-corrected chi connectivity index (χ3v) is 2.86. The summed E-state index contributed by atoms with van der Waals surface area (Å²) >= 11 is 0. The van der Waals surface area contributed by atoms with Crippen molar-refractivity contribution in [2.24, 2.45) is 0 Å². The van der Waals surface area contributed by atoms with E-state index in [4.69, 9.17) is 5.73 Å². The Balaban J connectivity index is 2.70. The van der Waals surface area contributed by atoms with Crippen molar-refractivity contribution in [1.82, 2.24) is 9.97 Å². The number of nitrogens with zero attached hydrogens (tertiary/aromatic N) is 2. The Morgan fingerprint density at radius 1 is 1.17 bits per heavy atom. The van der Waals surface area contributed by atoms with Gasteiger partial charge < -0.3 is 5.73 Å². The summed E-state index contributed by atoms with van der Waals surface area (Å²) in [4.78, 5) is 7.87. The van der Waals surface area contributed by atoms with Crippen LogP contribution in [-0.4, -0.2) is 9.97 Å².